The van der Waals surface area contributed by atoms with Crippen molar-refractivity contribution in [3.05, 3.63) is 59.7 Å². The van der Waals surface area contributed by atoms with Crippen LogP contribution < -0.4 is 10.1 Å². The average molecular weight is 369 g/mol. The minimum Gasteiger partial charge on any atom is -0.435 e. The lowest BCUT2D eigenvalue weighted by Crippen LogP contribution is -2.26. The molecular weight excluding hydrogens is 352 g/mol. The van der Waals surface area contributed by atoms with Crippen LogP contribution in [0.25, 0.3) is 0 Å². The number of nitrogens with one attached hydrogen (secondary N) is 1. The predicted octanol–water partition coefficient (Wildman–Crippen LogP) is 3.18. The third kappa shape index (κ3) is 5.25. The van der Waals surface area contributed by atoms with Gasteiger partial charge in [0.05, 0.1) is 10.9 Å². The summed E-state index contributed by atoms with van der Waals surface area (Å²) in [6, 6.07) is 11.2. The number of carbonyl (C=O) groups excluding carboxylic acids is 1. The molecule has 0 aliphatic heterocycles. The van der Waals surface area contributed by atoms with Gasteiger partial charge in [-0.2, -0.15) is 8.78 Å². The van der Waals surface area contributed by atoms with Crippen LogP contribution in [0.15, 0.2) is 53.4 Å². The largest absolute Gasteiger partial charge is 0.435 e. The van der Waals surface area contributed by atoms with E-state index in [1.165, 1.54) is 36.4 Å². The fourth-order valence-electron chi connectivity index (χ4n) is 2.15. The molecule has 0 aliphatic carbocycles. The zero-order valence-corrected chi connectivity index (χ0v) is 14.4. The van der Waals surface area contributed by atoms with Crippen molar-refractivity contribution in [3.63, 3.8) is 0 Å². The lowest BCUT2D eigenvalue weighted by molar-refractivity contribution is -0.0498. The van der Waals surface area contributed by atoms with E-state index >= 15 is 0 Å². The Morgan fingerprint density at radius 1 is 1.04 bits per heavy atom. The summed E-state index contributed by atoms with van der Waals surface area (Å²) in [7, 11) is -3.28. The maximum absolute atomic E-state index is 12.2. The Kier molecular flexibility index (Phi) is 5.73. The Hall–Kier alpha value is -2.48. The molecule has 134 valence electrons. The first-order valence-corrected chi connectivity index (χ1v) is 9.21. The fraction of sp³-hybridized carbons (Fsp3) is 0.235. The van der Waals surface area contributed by atoms with E-state index in [9.17, 15) is 22.0 Å². The highest BCUT2D eigenvalue weighted by molar-refractivity contribution is 7.90. The summed E-state index contributed by atoms with van der Waals surface area (Å²) in [4.78, 5) is 12.4. The second-order valence-corrected chi connectivity index (χ2v) is 7.45. The first kappa shape index (κ1) is 18.9. The zero-order valence-electron chi connectivity index (χ0n) is 13.6. The van der Waals surface area contributed by atoms with Gasteiger partial charge in [-0.25, -0.2) is 8.42 Å². The van der Waals surface area contributed by atoms with Crippen molar-refractivity contribution in [3.8, 4) is 5.75 Å². The van der Waals surface area contributed by atoms with Gasteiger partial charge in [-0.05, 0) is 48.9 Å². The van der Waals surface area contributed by atoms with E-state index in [1.807, 2.05) is 0 Å². The molecule has 0 heterocycles. The fourth-order valence-corrected chi connectivity index (χ4v) is 2.79. The first-order valence-electron chi connectivity index (χ1n) is 7.32. The van der Waals surface area contributed by atoms with Crippen LogP contribution in [0.4, 0.5) is 8.78 Å². The van der Waals surface area contributed by atoms with Gasteiger partial charge in [0.2, 0.25) is 0 Å². The van der Waals surface area contributed by atoms with E-state index in [0.717, 1.165) is 11.8 Å². The van der Waals surface area contributed by atoms with E-state index < -0.39 is 16.4 Å². The average Bonchev–Trinajstić information content (AvgIpc) is 2.54. The Balaban J connectivity index is 2.04. The standard InChI is InChI=1S/C17H17F2NO4S/c1-11(12-5-9-15(10-6-12)25(2,22)23)20-16(21)13-3-7-14(8-4-13)24-17(18)19/h3-11,17H,1-2H3,(H,20,21). The molecule has 1 atom stereocenters. The highest BCUT2D eigenvalue weighted by Gasteiger charge is 2.13. The van der Waals surface area contributed by atoms with Crippen molar-refractivity contribution in [2.45, 2.75) is 24.5 Å². The van der Waals surface area contributed by atoms with Crippen LogP contribution >= 0.6 is 0 Å². The summed E-state index contributed by atoms with van der Waals surface area (Å²) in [5.41, 5.74) is 1.03. The number of hydrogen-bond donors (Lipinski definition) is 1. The predicted molar refractivity (Wildman–Crippen MR) is 88.5 cm³/mol. The Morgan fingerprint density at radius 2 is 1.60 bits per heavy atom. The number of hydrogen-bond acceptors (Lipinski definition) is 4. The summed E-state index contributed by atoms with van der Waals surface area (Å²) in [5.74, 6) is -0.417. The van der Waals surface area contributed by atoms with E-state index in [1.54, 1.807) is 19.1 Å². The molecule has 5 nitrogen and oxygen atoms in total. The normalized spacial score (nSPS) is 12.7. The van der Waals surface area contributed by atoms with E-state index in [-0.39, 0.29) is 22.6 Å². The smallest absolute Gasteiger partial charge is 0.387 e. The molecule has 2 rings (SSSR count). The van der Waals surface area contributed by atoms with Gasteiger partial charge in [0.25, 0.3) is 5.91 Å². The maximum Gasteiger partial charge on any atom is 0.387 e. The molecule has 0 saturated carbocycles. The minimum absolute atomic E-state index is 0.0315. The van der Waals surface area contributed by atoms with Gasteiger partial charge in [0.15, 0.2) is 9.84 Å². The topological polar surface area (TPSA) is 72.5 Å². The van der Waals surface area contributed by atoms with Crippen molar-refractivity contribution in [1.82, 2.24) is 5.32 Å². The van der Waals surface area contributed by atoms with Gasteiger partial charge in [0, 0.05) is 11.8 Å². The van der Waals surface area contributed by atoms with Crippen molar-refractivity contribution >= 4 is 15.7 Å². The molecule has 8 heteroatoms. The monoisotopic (exact) mass is 369 g/mol. The van der Waals surface area contributed by atoms with Crippen LogP contribution in [0.2, 0.25) is 0 Å². The molecule has 1 unspecified atom stereocenters. The molecule has 0 saturated heterocycles. The molecule has 25 heavy (non-hydrogen) atoms. The summed E-state index contributed by atoms with van der Waals surface area (Å²) in [6.07, 6.45) is 1.12. The van der Waals surface area contributed by atoms with Gasteiger partial charge >= 0.3 is 6.61 Å². The number of halogens is 2. The van der Waals surface area contributed by atoms with Crippen molar-refractivity contribution in [1.29, 1.82) is 0 Å². The molecular formula is C17H17F2NO4S. The summed E-state index contributed by atoms with van der Waals surface area (Å²) in [5, 5.41) is 2.75. The molecule has 2 aromatic rings. The first-order chi connectivity index (χ1) is 11.7. The van der Waals surface area contributed by atoms with Gasteiger partial charge in [-0.15, -0.1) is 0 Å². The molecule has 1 N–H and O–H groups in total. The van der Waals surface area contributed by atoms with E-state index in [4.69, 9.17) is 0 Å². The van der Waals surface area contributed by atoms with Gasteiger partial charge in [-0.1, -0.05) is 12.1 Å². The molecule has 0 aromatic heterocycles. The second kappa shape index (κ2) is 7.60. The van der Waals surface area contributed by atoms with Crippen LogP contribution in [-0.2, 0) is 9.84 Å². The molecule has 2 aromatic carbocycles. The molecule has 0 spiro atoms. The third-order valence-electron chi connectivity index (χ3n) is 3.50. The molecule has 0 bridgehead atoms. The Morgan fingerprint density at radius 3 is 2.08 bits per heavy atom. The SMILES string of the molecule is CC(NC(=O)c1ccc(OC(F)F)cc1)c1ccc(S(C)(=O)=O)cc1. The van der Waals surface area contributed by atoms with E-state index in [2.05, 4.69) is 10.1 Å². The molecule has 0 aliphatic rings. The number of amides is 1. The van der Waals surface area contributed by atoms with Crippen molar-refractivity contribution in [2.75, 3.05) is 6.26 Å². The summed E-state index contributed by atoms with van der Waals surface area (Å²) < 4.78 is 51.3. The van der Waals surface area contributed by atoms with Crippen LogP contribution in [0.3, 0.4) is 0 Å². The van der Waals surface area contributed by atoms with Crippen molar-refractivity contribution < 1.29 is 26.7 Å². The van der Waals surface area contributed by atoms with Gasteiger partial charge < -0.3 is 10.1 Å². The Bertz CT molecular complexity index is 834. The zero-order chi connectivity index (χ0) is 18.6. The lowest BCUT2D eigenvalue weighted by atomic mass is 10.1. The second-order valence-electron chi connectivity index (χ2n) is 5.44. The number of ether oxygens (including phenoxy) is 1. The maximum atomic E-state index is 12.2. The number of benzene rings is 2. The highest BCUT2D eigenvalue weighted by atomic mass is 32.2. The van der Waals surface area contributed by atoms with Crippen LogP contribution in [-0.4, -0.2) is 27.2 Å². The number of carbonyl (C=O) groups is 1. The molecule has 0 fully saturated rings. The highest BCUT2D eigenvalue weighted by Crippen LogP contribution is 2.18. The van der Waals surface area contributed by atoms with Crippen molar-refractivity contribution in [2.24, 2.45) is 0 Å². The Labute approximate surface area is 144 Å². The number of rotatable bonds is 6. The minimum atomic E-state index is -3.28. The van der Waals surface area contributed by atoms with E-state index in [0.29, 0.717) is 5.56 Å². The van der Waals surface area contributed by atoms with Gasteiger partial charge in [0.1, 0.15) is 5.75 Å². The summed E-state index contributed by atoms with van der Waals surface area (Å²) >= 11 is 0. The quantitative estimate of drug-likeness (QED) is 0.849. The van der Waals surface area contributed by atoms with Crippen LogP contribution in [0, 0.1) is 0 Å². The van der Waals surface area contributed by atoms with Gasteiger partial charge in [-0.3, -0.25) is 4.79 Å². The number of sulfone groups is 1. The van der Waals surface area contributed by atoms with Crippen LogP contribution in [0.1, 0.15) is 28.9 Å². The molecule has 0 radical (unpaired) electrons. The number of alkyl halides is 2. The van der Waals surface area contributed by atoms with Crippen LogP contribution in [0.5, 0.6) is 5.75 Å². The third-order valence-corrected chi connectivity index (χ3v) is 4.63. The lowest BCUT2D eigenvalue weighted by Gasteiger charge is -2.15. The molecule has 1 amide bonds. The summed E-state index contributed by atoms with van der Waals surface area (Å²) in [6.45, 7) is -1.17.